The molecular formula is C19H19FN4O4. The van der Waals surface area contributed by atoms with E-state index >= 15 is 0 Å². The van der Waals surface area contributed by atoms with Gasteiger partial charge in [0.05, 0.1) is 5.69 Å². The van der Waals surface area contributed by atoms with Crippen LogP contribution in [0.1, 0.15) is 23.2 Å². The summed E-state index contributed by atoms with van der Waals surface area (Å²) < 4.78 is 18.5. The average molecular weight is 386 g/mol. The molecule has 1 aliphatic rings. The lowest BCUT2D eigenvalue weighted by Gasteiger charge is -2.18. The molecule has 0 unspecified atom stereocenters. The number of benzene rings is 1. The number of nitrogens with one attached hydrogen (secondary N) is 2. The predicted octanol–water partition coefficient (Wildman–Crippen LogP) is 2.33. The number of para-hydroxylation sites is 1. The maximum Gasteiger partial charge on any atom is 0.342 e. The third-order valence-corrected chi connectivity index (χ3v) is 4.12. The van der Waals surface area contributed by atoms with E-state index in [2.05, 4.69) is 10.3 Å². The Hall–Kier alpha value is -3.49. The van der Waals surface area contributed by atoms with Crippen LogP contribution in [0.15, 0.2) is 42.6 Å². The van der Waals surface area contributed by atoms with Gasteiger partial charge in [-0.2, -0.15) is 0 Å². The Morgan fingerprint density at radius 1 is 1.11 bits per heavy atom. The van der Waals surface area contributed by atoms with Crippen LogP contribution in [0.4, 0.5) is 20.7 Å². The number of aromatic nitrogens is 1. The molecule has 1 aliphatic heterocycles. The maximum absolute atomic E-state index is 13.5. The second kappa shape index (κ2) is 8.94. The molecule has 0 bridgehead atoms. The van der Waals surface area contributed by atoms with Crippen LogP contribution >= 0.6 is 0 Å². The summed E-state index contributed by atoms with van der Waals surface area (Å²) in [5, 5.41) is 4.18. The first-order valence-electron chi connectivity index (χ1n) is 8.77. The summed E-state index contributed by atoms with van der Waals surface area (Å²) >= 11 is 0. The minimum atomic E-state index is -0.926. The molecule has 9 heteroatoms. The second-order valence-electron chi connectivity index (χ2n) is 6.13. The first kappa shape index (κ1) is 19.3. The molecule has 28 heavy (non-hydrogen) atoms. The topological polar surface area (TPSA) is 101 Å². The lowest BCUT2D eigenvalue weighted by Crippen LogP contribution is -2.37. The summed E-state index contributed by atoms with van der Waals surface area (Å²) in [5.74, 6) is -1.67. The van der Waals surface area contributed by atoms with Gasteiger partial charge in [0.15, 0.2) is 6.61 Å². The Balaban J connectivity index is 1.53. The number of ether oxygens (including phenoxy) is 1. The van der Waals surface area contributed by atoms with E-state index in [1.807, 2.05) is 10.2 Å². The smallest absolute Gasteiger partial charge is 0.342 e. The molecule has 0 aliphatic carbocycles. The van der Waals surface area contributed by atoms with Crippen LogP contribution in [0.2, 0.25) is 0 Å². The Labute approximate surface area is 160 Å². The van der Waals surface area contributed by atoms with Crippen molar-refractivity contribution in [2.45, 2.75) is 12.8 Å². The Kier molecular flexibility index (Phi) is 6.15. The van der Waals surface area contributed by atoms with Gasteiger partial charge in [0.2, 0.25) is 0 Å². The van der Waals surface area contributed by atoms with E-state index in [9.17, 15) is 18.8 Å². The first-order valence-corrected chi connectivity index (χ1v) is 8.77. The number of pyridine rings is 1. The standard InChI is InChI=1S/C19H19FN4O4/c20-14-7-1-2-8-15(14)22-19(27)23-16(25)12-28-18(26)13-6-5-9-21-17(13)24-10-3-4-11-24/h1-2,5-9H,3-4,10-12H2,(H2,22,23,25,27). The first-order chi connectivity index (χ1) is 13.5. The van der Waals surface area contributed by atoms with Crippen molar-refractivity contribution < 1.29 is 23.5 Å². The molecule has 1 aromatic heterocycles. The number of urea groups is 1. The molecule has 2 heterocycles. The number of carbonyl (C=O) groups excluding carboxylic acids is 3. The molecular weight excluding hydrogens is 367 g/mol. The van der Waals surface area contributed by atoms with Gasteiger partial charge < -0.3 is 15.0 Å². The zero-order valence-corrected chi connectivity index (χ0v) is 15.0. The van der Waals surface area contributed by atoms with Gasteiger partial charge in [-0.05, 0) is 37.1 Å². The maximum atomic E-state index is 13.5. The third kappa shape index (κ3) is 4.81. The summed E-state index contributed by atoms with van der Waals surface area (Å²) in [6.45, 7) is 0.944. The Bertz CT molecular complexity index is 884. The fourth-order valence-corrected chi connectivity index (χ4v) is 2.82. The molecule has 0 spiro atoms. The molecule has 0 atom stereocenters. The van der Waals surface area contributed by atoms with Crippen LogP contribution < -0.4 is 15.5 Å². The van der Waals surface area contributed by atoms with Crippen molar-refractivity contribution in [3.63, 3.8) is 0 Å². The third-order valence-electron chi connectivity index (χ3n) is 4.12. The molecule has 2 N–H and O–H groups in total. The molecule has 3 rings (SSSR count). The summed E-state index contributed by atoms with van der Waals surface area (Å²) in [6, 6.07) is 7.79. The molecule has 0 saturated carbocycles. The van der Waals surface area contributed by atoms with Gasteiger partial charge in [0, 0.05) is 19.3 Å². The highest BCUT2D eigenvalue weighted by Crippen LogP contribution is 2.22. The van der Waals surface area contributed by atoms with Crippen LogP contribution in [-0.2, 0) is 9.53 Å². The molecule has 3 amide bonds. The minimum absolute atomic E-state index is 0.0737. The SMILES string of the molecule is O=C(COC(=O)c1cccnc1N1CCCC1)NC(=O)Nc1ccccc1F. The Morgan fingerprint density at radius 2 is 1.86 bits per heavy atom. The number of carbonyl (C=O) groups is 3. The number of esters is 1. The van der Waals surface area contributed by atoms with Crippen molar-refractivity contribution in [1.82, 2.24) is 10.3 Å². The van der Waals surface area contributed by atoms with Crippen LogP contribution in [-0.4, -0.2) is 42.6 Å². The largest absolute Gasteiger partial charge is 0.452 e. The summed E-state index contributed by atoms with van der Waals surface area (Å²) in [4.78, 5) is 42.1. The van der Waals surface area contributed by atoms with Gasteiger partial charge in [-0.15, -0.1) is 0 Å². The van der Waals surface area contributed by atoms with E-state index in [0.29, 0.717) is 5.82 Å². The molecule has 2 aromatic rings. The molecule has 8 nitrogen and oxygen atoms in total. The predicted molar refractivity (Wildman–Crippen MR) is 99.5 cm³/mol. The van der Waals surface area contributed by atoms with Crippen LogP contribution in [0.3, 0.4) is 0 Å². The Morgan fingerprint density at radius 3 is 2.61 bits per heavy atom. The van der Waals surface area contributed by atoms with Crippen molar-refractivity contribution in [2.24, 2.45) is 0 Å². The number of amides is 3. The molecule has 0 radical (unpaired) electrons. The highest BCUT2D eigenvalue weighted by molar-refractivity contribution is 6.02. The minimum Gasteiger partial charge on any atom is -0.452 e. The molecule has 1 aromatic carbocycles. The summed E-state index contributed by atoms with van der Waals surface area (Å²) in [7, 11) is 0. The second-order valence-corrected chi connectivity index (χ2v) is 6.13. The molecule has 1 fully saturated rings. The van der Waals surface area contributed by atoms with Gasteiger partial charge in [0.1, 0.15) is 17.2 Å². The fraction of sp³-hybridized carbons (Fsp3) is 0.263. The van der Waals surface area contributed by atoms with Gasteiger partial charge in [-0.3, -0.25) is 10.1 Å². The number of hydrogen-bond donors (Lipinski definition) is 2. The highest BCUT2D eigenvalue weighted by atomic mass is 19.1. The van der Waals surface area contributed by atoms with E-state index in [0.717, 1.165) is 25.9 Å². The zero-order valence-electron chi connectivity index (χ0n) is 15.0. The van der Waals surface area contributed by atoms with Crippen molar-refractivity contribution in [1.29, 1.82) is 0 Å². The normalized spacial score (nSPS) is 13.1. The van der Waals surface area contributed by atoms with Gasteiger partial charge in [-0.25, -0.2) is 19.0 Å². The van der Waals surface area contributed by atoms with Crippen molar-refractivity contribution >= 4 is 29.4 Å². The van der Waals surface area contributed by atoms with Crippen LogP contribution in [0.25, 0.3) is 0 Å². The van der Waals surface area contributed by atoms with E-state index < -0.39 is 30.3 Å². The lowest BCUT2D eigenvalue weighted by molar-refractivity contribution is -0.123. The van der Waals surface area contributed by atoms with E-state index in [1.165, 1.54) is 24.3 Å². The van der Waals surface area contributed by atoms with E-state index in [4.69, 9.17) is 4.74 Å². The van der Waals surface area contributed by atoms with Crippen LogP contribution in [0, 0.1) is 5.82 Å². The van der Waals surface area contributed by atoms with Crippen molar-refractivity contribution in [3.8, 4) is 0 Å². The average Bonchev–Trinajstić information content (AvgIpc) is 3.22. The molecule has 146 valence electrons. The number of rotatable bonds is 5. The summed E-state index contributed by atoms with van der Waals surface area (Å²) in [6.07, 6.45) is 3.62. The monoisotopic (exact) mass is 386 g/mol. The van der Waals surface area contributed by atoms with Crippen molar-refractivity contribution in [3.05, 3.63) is 54.0 Å². The highest BCUT2D eigenvalue weighted by Gasteiger charge is 2.22. The number of anilines is 2. The van der Waals surface area contributed by atoms with E-state index in [1.54, 1.807) is 18.3 Å². The number of imide groups is 1. The van der Waals surface area contributed by atoms with Gasteiger partial charge in [-0.1, -0.05) is 12.1 Å². The quantitative estimate of drug-likeness (QED) is 0.765. The molecule has 1 saturated heterocycles. The van der Waals surface area contributed by atoms with Crippen LogP contribution in [0.5, 0.6) is 0 Å². The van der Waals surface area contributed by atoms with Gasteiger partial charge in [0.25, 0.3) is 5.91 Å². The fourth-order valence-electron chi connectivity index (χ4n) is 2.82. The van der Waals surface area contributed by atoms with Gasteiger partial charge >= 0.3 is 12.0 Å². The number of hydrogen-bond acceptors (Lipinski definition) is 6. The lowest BCUT2D eigenvalue weighted by atomic mass is 10.2. The number of nitrogens with zero attached hydrogens (tertiary/aromatic N) is 2. The summed E-state index contributed by atoms with van der Waals surface area (Å²) in [5.41, 5.74) is 0.184. The van der Waals surface area contributed by atoms with E-state index in [-0.39, 0.29) is 11.3 Å². The van der Waals surface area contributed by atoms with Crippen molar-refractivity contribution in [2.75, 3.05) is 29.9 Å². The number of halogens is 1. The zero-order chi connectivity index (χ0) is 19.9.